The molecule has 1 aliphatic heterocycles. The summed E-state index contributed by atoms with van der Waals surface area (Å²) in [5, 5.41) is 3.30. The fraction of sp³-hybridized carbons (Fsp3) is 0.917. The standard InChI is InChI=1S/C12H24N2O/c1-6-10(8(2)3)14-11(15)7-13-12(14)9(4)5/h8-10,12-13H,6-7H2,1-5H3. The molecule has 0 saturated carbocycles. The third-order valence-electron chi connectivity index (χ3n) is 3.23. The topological polar surface area (TPSA) is 32.3 Å². The Morgan fingerprint density at radius 3 is 2.40 bits per heavy atom. The molecule has 0 bridgehead atoms. The number of carbonyl (C=O) groups is 1. The molecule has 88 valence electrons. The second-order valence-electron chi connectivity index (χ2n) is 5.09. The van der Waals surface area contributed by atoms with Gasteiger partial charge in [-0.05, 0) is 18.3 Å². The van der Waals surface area contributed by atoms with Crippen LogP contribution in [-0.2, 0) is 4.79 Å². The van der Waals surface area contributed by atoms with E-state index in [0.717, 1.165) is 6.42 Å². The normalized spacial score (nSPS) is 24.3. The Morgan fingerprint density at radius 1 is 1.40 bits per heavy atom. The van der Waals surface area contributed by atoms with Gasteiger partial charge in [-0.1, -0.05) is 34.6 Å². The minimum atomic E-state index is 0.227. The number of hydrogen-bond acceptors (Lipinski definition) is 2. The average Bonchev–Trinajstić information content (AvgIpc) is 2.49. The summed E-state index contributed by atoms with van der Waals surface area (Å²) >= 11 is 0. The Morgan fingerprint density at radius 2 is 2.00 bits per heavy atom. The third kappa shape index (κ3) is 2.51. The molecule has 0 spiro atoms. The number of nitrogens with zero attached hydrogens (tertiary/aromatic N) is 1. The van der Waals surface area contributed by atoms with E-state index in [1.165, 1.54) is 0 Å². The van der Waals surface area contributed by atoms with Crippen molar-refractivity contribution in [1.29, 1.82) is 0 Å². The van der Waals surface area contributed by atoms with Crippen LogP contribution in [0.5, 0.6) is 0 Å². The van der Waals surface area contributed by atoms with Crippen LogP contribution in [0.25, 0.3) is 0 Å². The van der Waals surface area contributed by atoms with E-state index < -0.39 is 0 Å². The molecule has 1 N–H and O–H groups in total. The summed E-state index contributed by atoms with van der Waals surface area (Å²) in [6, 6.07) is 0.375. The Bertz CT molecular complexity index is 226. The molecule has 1 aliphatic rings. The molecular formula is C12H24N2O. The lowest BCUT2D eigenvalue weighted by atomic mass is 9.98. The highest BCUT2D eigenvalue weighted by molar-refractivity contribution is 5.81. The third-order valence-corrected chi connectivity index (χ3v) is 3.23. The van der Waals surface area contributed by atoms with E-state index in [1.807, 2.05) is 0 Å². The number of rotatable bonds is 4. The van der Waals surface area contributed by atoms with Crippen LogP contribution in [-0.4, -0.2) is 29.6 Å². The van der Waals surface area contributed by atoms with E-state index in [0.29, 0.717) is 24.4 Å². The van der Waals surface area contributed by atoms with Crippen molar-refractivity contribution in [3.8, 4) is 0 Å². The van der Waals surface area contributed by atoms with Crippen LogP contribution in [0.15, 0.2) is 0 Å². The van der Waals surface area contributed by atoms with Crippen LogP contribution in [0.3, 0.4) is 0 Å². The molecular weight excluding hydrogens is 188 g/mol. The molecule has 3 nitrogen and oxygen atoms in total. The molecule has 2 atom stereocenters. The van der Waals surface area contributed by atoms with Crippen LogP contribution < -0.4 is 5.32 Å². The number of nitrogens with one attached hydrogen (secondary N) is 1. The van der Waals surface area contributed by atoms with Gasteiger partial charge in [0.05, 0.1) is 12.7 Å². The highest BCUT2D eigenvalue weighted by Crippen LogP contribution is 2.23. The van der Waals surface area contributed by atoms with Gasteiger partial charge in [0.1, 0.15) is 0 Å². The first kappa shape index (κ1) is 12.5. The van der Waals surface area contributed by atoms with Gasteiger partial charge in [-0.3, -0.25) is 10.1 Å². The van der Waals surface area contributed by atoms with Gasteiger partial charge in [0.25, 0.3) is 0 Å². The highest BCUT2D eigenvalue weighted by atomic mass is 16.2. The molecule has 1 saturated heterocycles. The van der Waals surface area contributed by atoms with Gasteiger partial charge in [-0.25, -0.2) is 0 Å². The van der Waals surface area contributed by atoms with Crippen LogP contribution in [0.2, 0.25) is 0 Å². The summed E-state index contributed by atoms with van der Waals surface area (Å²) in [4.78, 5) is 13.9. The summed E-state index contributed by atoms with van der Waals surface area (Å²) in [6.07, 6.45) is 1.26. The molecule has 0 radical (unpaired) electrons. The fourth-order valence-electron chi connectivity index (χ4n) is 2.47. The van der Waals surface area contributed by atoms with Crippen LogP contribution >= 0.6 is 0 Å². The van der Waals surface area contributed by atoms with Gasteiger partial charge < -0.3 is 4.90 Å². The first-order valence-corrected chi connectivity index (χ1v) is 6.03. The van der Waals surface area contributed by atoms with Crippen molar-refractivity contribution >= 4 is 5.91 Å². The SMILES string of the molecule is CCC(C(C)C)N1C(=O)CNC1C(C)C. The lowest BCUT2D eigenvalue weighted by Gasteiger charge is -2.36. The first-order valence-electron chi connectivity index (χ1n) is 6.03. The van der Waals surface area contributed by atoms with Crippen molar-refractivity contribution in [3.05, 3.63) is 0 Å². The van der Waals surface area contributed by atoms with Crippen molar-refractivity contribution in [1.82, 2.24) is 10.2 Å². The Labute approximate surface area is 93.2 Å². The van der Waals surface area contributed by atoms with Gasteiger partial charge in [0.2, 0.25) is 5.91 Å². The number of hydrogen-bond donors (Lipinski definition) is 1. The van der Waals surface area contributed by atoms with Crippen LogP contribution in [0.1, 0.15) is 41.0 Å². The van der Waals surface area contributed by atoms with E-state index >= 15 is 0 Å². The summed E-state index contributed by atoms with van der Waals surface area (Å²) < 4.78 is 0. The first-order chi connectivity index (χ1) is 6.99. The second kappa shape index (κ2) is 4.97. The Balaban J connectivity index is 2.82. The largest absolute Gasteiger partial charge is 0.323 e. The second-order valence-corrected chi connectivity index (χ2v) is 5.09. The van der Waals surface area contributed by atoms with Gasteiger partial charge in [0, 0.05) is 6.04 Å². The minimum Gasteiger partial charge on any atom is -0.323 e. The predicted molar refractivity (Wildman–Crippen MR) is 62.4 cm³/mol. The molecule has 1 heterocycles. The molecule has 15 heavy (non-hydrogen) atoms. The lowest BCUT2D eigenvalue weighted by Crippen LogP contribution is -2.49. The minimum absolute atomic E-state index is 0.227. The fourth-order valence-corrected chi connectivity index (χ4v) is 2.47. The Hall–Kier alpha value is -0.570. The molecule has 1 amide bonds. The Kier molecular flexibility index (Phi) is 4.14. The molecule has 1 fully saturated rings. The van der Waals surface area contributed by atoms with Crippen molar-refractivity contribution < 1.29 is 4.79 Å². The van der Waals surface area contributed by atoms with Crippen molar-refractivity contribution in [3.63, 3.8) is 0 Å². The number of carbonyl (C=O) groups excluding carboxylic acids is 1. The maximum atomic E-state index is 11.9. The zero-order valence-electron chi connectivity index (χ0n) is 10.6. The van der Waals surface area contributed by atoms with Gasteiger partial charge in [-0.15, -0.1) is 0 Å². The van der Waals surface area contributed by atoms with E-state index in [1.54, 1.807) is 0 Å². The monoisotopic (exact) mass is 212 g/mol. The quantitative estimate of drug-likeness (QED) is 0.771. The molecule has 0 aromatic heterocycles. The average molecular weight is 212 g/mol. The van der Waals surface area contributed by atoms with Crippen molar-refractivity contribution in [2.75, 3.05) is 6.54 Å². The highest BCUT2D eigenvalue weighted by Gasteiger charge is 2.37. The smallest absolute Gasteiger partial charge is 0.238 e. The lowest BCUT2D eigenvalue weighted by molar-refractivity contribution is -0.132. The molecule has 2 unspecified atom stereocenters. The zero-order chi connectivity index (χ0) is 11.6. The molecule has 0 aromatic rings. The van der Waals surface area contributed by atoms with Gasteiger partial charge in [0.15, 0.2) is 0 Å². The summed E-state index contributed by atoms with van der Waals surface area (Å²) in [5.74, 6) is 1.26. The molecule has 0 aliphatic carbocycles. The van der Waals surface area contributed by atoms with E-state index in [4.69, 9.17) is 0 Å². The van der Waals surface area contributed by atoms with Gasteiger partial charge >= 0.3 is 0 Å². The maximum Gasteiger partial charge on any atom is 0.238 e. The number of amides is 1. The predicted octanol–water partition coefficient (Wildman–Crippen LogP) is 1.83. The van der Waals surface area contributed by atoms with Crippen molar-refractivity contribution in [2.45, 2.75) is 53.2 Å². The van der Waals surface area contributed by atoms with Crippen molar-refractivity contribution in [2.24, 2.45) is 11.8 Å². The zero-order valence-corrected chi connectivity index (χ0v) is 10.6. The van der Waals surface area contributed by atoms with Gasteiger partial charge in [-0.2, -0.15) is 0 Å². The summed E-state index contributed by atoms with van der Waals surface area (Å²) in [5.41, 5.74) is 0. The molecule has 1 rings (SSSR count). The summed E-state index contributed by atoms with van der Waals surface area (Å²) in [6.45, 7) is 11.4. The molecule has 0 aromatic carbocycles. The van der Waals surface area contributed by atoms with Crippen LogP contribution in [0.4, 0.5) is 0 Å². The van der Waals surface area contributed by atoms with E-state index in [2.05, 4.69) is 44.8 Å². The molecule has 3 heteroatoms. The van der Waals surface area contributed by atoms with E-state index in [-0.39, 0.29) is 12.1 Å². The maximum absolute atomic E-state index is 11.9. The van der Waals surface area contributed by atoms with E-state index in [9.17, 15) is 4.79 Å². The summed E-state index contributed by atoms with van der Waals surface area (Å²) in [7, 11) is 0. The van der Waals surface area contributed by atoms with Crippen LogP contribution in [0, 0.1) is 11.8 Å².